The molecule has 0 atom stereocenters. The monoisotopic (exact) mass is 353 g/mol. The summed E-state index contributed by atoms with van der Waals surface area (Å²) in [6.07, 6.45) is 1.02. The average molecular weight is 353 g/mol. The molecule has 2 amide bonds. The van der Waals surface area contributed by atoms with Gasteiger partial charge in [0.1, 0.15) is 0 Å². The van der Waals surface area contributed by atoms with Crippen LogP contribution in [0.25, 0.3) is 0 Å². The van der Waals surface area contributed by atoms with Gasteiger partial charge in [-0.1, -0.05) is 13.8 Å². The van der Waals surface area contributed by atoms with E-state index >= 15 is 0 Å². The van der Waals surface area contributed by atoms with Crippen LogP contribution in [0, 0.1) is 5.92 Å². The third kappa shape index (κ3) is 4.33. The van der Waals surface area contributed by atoms with E-state index in [2.05, 4.69) is 10.0 Å². The highest BCUT2D eigenvalue weighted by atomic mass is 32.2. The molecule has 0 aliphatic carbocycles. The fourth-order valence-electron chi connectivity index (χ4n) is 2.42. The Bertz CT molecular complexity index is 744. The molecule has 0 radical (unpaired) electrons. The molecule has 7 nitrogen and oxygen atoms in total. The molecule has 2 rings (SSSR count). The molecule has 2 N–H and O–H groups in total. The fourth-order valence-corrected chi connectivity index (χ4v) is 3.45. The lowest BCUT2D eigenvalue weighted by molar-refractivity contribution is -0.120. The van der Waals surface area contributed by atoms with Crippen LogP contribution in [0.3, 0.4) is 0 Å². The van der Waals surface area contributed by atoms with Gasteiger partial charge in [-0.3, -0.25) is 9.59 Å². The first-order valence-electron chi connectivity index (χ1n) is 7.86. The molecule has 0 unspecified atom stereocenters. The van der Waals surface area contributed by atoms with Gasteiger partial charge in [-0.15, -0.1) is 0 Å². The molecule has 0 spiro atoms. The number of nitrogens with zero attached hydrogens (tertiary/aromatic N) is 1. The van der Waals surface area contributed by atoms with Gasteiger partial charge in [0.05, 0.1) is 17.9 Å². The van der Waals surface area contributed by atoms with E-state index in [1.54, 1.807) is 13.1 Å². The second kappa shape index (κ2) is 7.31. The van der Waals surface area contributed by atoms with Gasteiger partial charge in [0.25, 0.3) is 0 Å². The number of anilines is 1. The zero-order valence-electron chi connectivity index (χ0n) is 14.1. The molecule has 0 saturated heterocycles. The van der Waals surface area contributed by atoms with E-state index in [1.165, 1.54) is 17.0 Å². The van der Waals surface area contributed by atoms with Gasteiger partial charge >= 0.3 is 0 Å². The Balaban J connectivity index is 1.98. The third-order valence-electron chi connectivity index (χ3n) is 3.90. The molecule has 1 aliphatic heterocycles. The topological polar surface area (TPSA) is 95.6 Å². The number of hydrogen-bond donors (Lipinski definition) is 2. The highest BCUT2D eigenvalue weighted by Crippen LogP contribution is 2.29. The maximum Gasteiger partial charge on any atom is 0.241 e. The predicted octanol–water partition coefficient (Wildman–Crippen LogP) is 0.646. The number of hydrogen-bond acceptors (Lipinski definition) is 4. The van der Waals surface area contributed by atoms with Crippen molar-refractivity contribution in [2.75, 3.05) is 25.0 Å². The summed E-state index contributed by atoms with van der Waals surface area (Å²) >= 11 is 0. The standard InChI is InChI=1S/C16H23N3O4S/c1-11(2)6-7-17-15(20)10-18-24(22,23)13-4-5-14-12(8-13)9-16(21)19(14)3/h4-5,8,11,18H,6-7,9-10H2,1-3H3,(H,17,20). The van der Waals surface area contributed by atoms with Crippen LogP contribution < -0.4 is 14.9 Å². The van der Waals surface area contributed by atoms with E-state index in [0.29, 0.717) is 23.7 Å². The lowest BCUT2D eigenvalue weighted by Gasteiger charge is -2.11. The third-order valence-corrected chi connectivity index (χ3v) is 5.30. The minimum atomic E-state index is -3.79. The second-order valence-electron chi connectivity index (χ2n) is 6.28. The van der Waals surface area contributed by atoms with Gasteiger partial charge in [0.2, 0.25) is 21.8 Å². The van der Waals surface area contributed by atoms with Gasteiger partial charge in [-0.25, -0.2) is 13.1 Å². The molecule has 132 valence electrons. The summed E-state index contributed by atoms with van der Waals surface area (Å²) in [7, 11) is -2.14. The van der Waals surface area contributed by atoms with Gasteiger partial charge < -0.3 is 10.2 Å². The van der Waals surface area contributed by atoms with E-state index in [0.717, 1.165) is 6.42 Å². The molecule has 1 aliphatic rings. The van der Waals surface area contributed by atoms with Crippen molar-refractivity contribution in [3.63, 3.8) is 0 Å². The van der Waals surface area contributed by atoms with Crippen LogP contribution in [0.2, 0.25) is 0 Å². The number of benzene rings is 1. The number of sulfonamides is 1. The Morgan fingerprint density at radius 2 is 2.04 bits per heavy atom. The van der Waals surface area contributed by atoms with Gasteiger partial charge in [-0.2, -0.15) is 0 Å². The summed E-state index contributed by atoms with van der Waals surface area (Å²) in [5, 5.41) is 2.67. The van der Waals surface area contributed by atoms with Crippen LogP contribution >= 0.6 is 0 Å². The molecule has 24 heavy (non-hydrogen) atoms. The van der Waals surface area contributed by atoms with Crippen molar-refractivity contribution in [3.8, 4) is 0 Å². The van der Waals surface area contributed by atoms with Gasteiger partial charge in [0, 0.05) is 19.3 Å². The summed E-state index contributed by atoms with van der Waals surface area (Å²) in [5.41, 5.74) is 1.39. The molecule has 1 aromatic rings. The van der Waals surface area contributed by atoms with Gasteiger partial charge in [-0.05, 0) is 36.1 Å². The van der Waals surface area contributed by atoms with Crippen molar-refractivity contribution < 1.29 is 18.0 Å². The van der Waals surface area contributed by atoms with Crippen LogP contribution in [0.15, 0.2) is 23.1 Å². The number of rotatable bonds is 7. The minimum Gasteiger partial charge on any atom is -0.355 e. The first-order valence-corrected chi connectivity index (χ1v) is 9.35. The summed E-state index contributed by atoms with van der Waals surface area (Å²) < 4.78 is 26.9. The Hall–Kier alpha value is -1.93. The zero-order chi connectivity index (χ0) is 17.9. The molecule has 0 aromatic heterocycles. The lowest BCUT2D eigenvalue weighted by Crippen LogP contribution is -2.37. The minimum absolute atomic E-state index is 0.0549. The SMILES string of the molecule is CC(C)CCNC(=O)CNS(=O)(=O)c1ccc2c(c1)CC(=O)N2C. The largest absolute Gasteiger partial charge is 0.355 e. The quantitative estimate of drug-likeness (QED) is 0.752. The van der Waals surface area contributed by atoms with E-state index in [-0.39, 0.29) is 29.7 Å². The Kier molecular flexibility index (Phi) is 5.61. The molecular weight excluding hydrogens is 330 g/mol. The van der Waals surface area contributed by atoms with E-state index < -0.39 is 10.0 Å². The van der Waals surface area contributed by atoms with Crippen LogP contribution in [0.1, 0.15) is 25.8 Å². The molecule has 1 aromatic carbocycles. The second-order valence-corrected chi connectivity index (χ2v) is 8.04. The van der Waals surface area contributed by atoms with E-state index in [1.807, 2.05) is 13.8 Å². The molecule has 8 heteroatoms. The smallest absolute Gasteiger partial charge is 0.241 e. The summed E-state index contributed by atoms with van der Waals surface area (Å²) in [6, 6.07) is 4.53. The van der Waals surface area contributed by atoms with Crippen molar-refractivity contribution in [2.24, 2.45) is 5.92 Å². The fraction of sp³-hybridized carbons (Fsp3) is 0.500. The van der Waals surface area contributed by atoms with Crippen LogP contribution in [0.5, 0.6) is 0 Å². The Morgan fingerprint density at radius 3 is 2.71 bits per heavy atom. The summed E-state index contributed by atoms with van der Waals surface area (Å²) in [4.78, 5) is 24.9. The summed E-state index contributed by atoms with van der Waals surface area (Å²) in [5.74, 6) is 0.0292. The maximum absolute atomic E-state index is 12.3. The number of fused-ring (bicyclic) bond motifs is 1. The van der Waals surface area contributed by atoms with Crippen molar-refractivity contribution in [2.45, 2.75) is 31.6 Å². The van der Waals surface area contributed by atoms with Crippen LogP contribution in [-0.4, -0.2) is 40.4 Å². The number of likely N-dealkylation sites (N-methyl/N-ethyl adjacent to an activating group) is 1. The summed E-state index contributed by atoms with van der Waals surface area (Å²) in [6.45, 7) is 4.30. The molecule has 1 heterocycles. The normalized spacial score (nSPS) is 14.2. The molecule has 0 bridgehead atoms. The first-order chi connectivity index (χ1) is 11.2. The van der Waals surface area contributed by atoms with Crippen molar-refractivity contribution in [3.05, 3.63) is 23.8 Å². The maximum atomic E-state index is 12.3. The van der Waals surface area contributed by atoms with Crippen molar-refractivity contribution in [1.82, 2.24) is 10.0 Å². The average Bonchev–Trinajstić information content (AvgIpc) is 2.79. The van der Waals surface area contributed by atoms with Gasteiger partial charge in [0.15, 0.2) is 0 Å². The molecule has 0 saturated carbocycles. The number of carbonyl (C=O) groups is 2. The Morgan fingerprint density at radius 1 is 1.33 bits per heavy atom. The predicted molar refractivity (Wildman–Crippen MR) is 91.2 cm³/mol. The lowest BCUT2D eigenvalue weighted by atomic mass is 10.1. The highest BCUT2D eigenvalue weighted by molar-refractivity contribution is 7.89. The molecule has 0 fully saturated rings. The molecular formula is C16H23N3O4S. The number of carbonyl (C=O) groups excluding carboxylic acids is 2. The van der Waals surface area contributed by atoms with Crippen LogP contribution in [0.4, 0.5) is 5.69 Å². The van der Waals surface area contributed by atoms with E-state index in [4.69, 9.17) is 0 Å². The van der Waals surface area contributed by atoms with Crippen molar-refractivity contribution in [1.29, 1.82) is 0 Å². The van der Waals surface area contributed by atoms with E-state index in [9.17, 15) is 18.0 Å². The van der Waals surface area contributed by atoms with Crippen molar-refractivity contribution >= 4 is 27.5 Å². The Labute approximate surface area is 142 Å². The zero-order valence-corrected chi connectivity index (χ0v) is 14.9. The first kappa shape index (κ1) is 18.4. The van der Waals surface area contributed by atoms with Crippen LogP contribution in [-0.2, 0) is 26.0 Å². The number of amides is 2. The highest BCUT2D eigenvalue weighted by Gasteiger charge is 2.26. The number of nitrogens with one attached hydrogen (secondary N) is 2.